The van der Waals surface area contributed by atoms with Crippen molar-refractivity contribution < 1.29 is 9.50 Å². The molecule has 2 N–H and O–H groups in total. The van der Waals surface area contributed by atoms with Gasteiger partial charge in [0.05, 0.1) is 6.61 Å². The standard InChI is InChI=1S/C14H22FNOS/c1-14(11-17,16-2)9-5-6-10-18-13-8-4-3-7-12(13)15/h3-4,7-8,16-17H,5-6,9-11H2,1-2H3. The van der Waals surface area contributed by atoms with Crippen LogP contribution in [0, 0.1) is 5.82 Å². The second-order valence-corrected chi connectivity index (χ2v) is 5.84. The van der Waals surface area contributed by atoms with E-state index in [0.717, 1.165) is 29.9 Å². The quantitative estimate of drug-likeness (QED) is 0.563. The van der Waals surface area contributed by atoms with Crippen molar-refractivity contribution in [1.29, 1.82) is 0 Å². The van der Waals surface area contributed by atoms with E-state index in [0.29, 0.717) is 0 Å². The van der Waals surface area contributed by atoms with Gasteiger partial charge in [0.2, 0.25) is 0 Å². The molecule has 102 valence electrons. The van der Waals surface area contributed by atoms with Crippen LogP contribution in [-0.4, -0.2) is 30.1 Å². The zero-order valence-electron chi connectivity index (χ0n) is 11.1. The molecule has 0 aliphatic rings. The first kappa shape index (κ1) is 15.5. The summed E-state index contributed by atoms with van der Waals surface area (Å²) >= 11 is 1.55. The maximum Gasteiger partial charge on any atom is 0.136 e. The van der Waals surface area contributed by atoms with E-state index in [1.54, 1.807) is 17.8 Å². The third-order valence-corrected chi connectivity index (χ3v) is 4.30. The average molecular weight is 271 g/mol. The third kappa shape index (κ3) is 4.96. The molecule has 0 amide bonds. The lowest BCUT2D eigenvalue weighted by molar-refractivity contribution is 0.171. The summed E-state index contributed by atoms with van der Waals surface area (Å²) < 4.78 is 13.3. The van der Waals surface area contributed by atoms with Crippen LogP contribution in [-0.2, 0) is 0 Å². The number of rotatable bonds is 8. The molecule has 0 bridgehead atoms. The Balaban J connectivity index is 2.22. The van der Waals surface area contributed by atoms with Gasteiger partial charge in [-0.05, 0) is 44.7 Å². The van der Waals surface area contributed by atoms with Crippen molar-refractivity contribution in [1.82, 2.24) is 5.32 Å². The largest absolute Gasteiger partial charge is 0.394 e. The number of aliphatic hydroxyl groups is 1. The second-order valence-electron chi connectivity index (χ2n) is 4.70. The van der Waals surface area contributed by atoms with Gasteiger partial charge in [-0.3, -0.25) is 0 Å². The first-order valence-corrected chi connectivity index (χ1v) is 7.27. The Morgan fingerprint density at radius 1 is 1.33 bits per heavy atom. The summed E-state index contributed by atoms with van der Waals surface area (Å²) in [6.45, 7) is 2.15. The first-order chi connectivity index (χ1) is 8.61. The smallest absolute Gasteiger partial charge is 0.136 e. The van der Waals surface area contributed by atoms with Crippen molar-refractivity contribution in [3.05, 3.63) is 30.1 Å². The van der Waals surface area contributed by atoms with Crippen LogP contribution in [0.25, 0.3) is 0 Å². The van der Waals surface area contributed by atoms with Crippen molar-refractivity contribution in [2.75, 3.05) is 19.4 Å². The van der Waals surface area contributed by atoms with Crippen LogP contribution in [0.15, 0.2) is 29.2 Å². The van der Waals surface area contributed by atoms with Gasteiger partial charge in [0.1, 0.15) is 5.82 Å². The van der Waals surface area contributed by atoms with Crippen LogP contribution in [0.5, 0.6) is 0 Å². The number of nitrogens with one attached hydrogen (secondary N) is 1. The molecule has 1 aromatic rings. The van der Waals surface area contributed by atoms with Crippen molar-refractivity contribution in [2.24, 2.45) is 0 Å². The Labute approximate surface area is 113 Å². The summed E-state index contributed by atoms with van der Waals surface area (Å²) in [7, 11) is 1.87. The van der Waals surface area contributed by atoms with Crippen molar-refractivity contribution in [3.8, 4) is 0 Å². The molecule has 0 saturated carbocycles. The Morgan fingerprint density at radius 3 is 2.67 bits per heavy atom. The van der Waals surface area contributed by atoms with E-state index >= 15 is 0 Å². The molecule has 1 rings (SSSR count). The molecule has 4 heteroatoms. The fraction of sp³-hybridized carbons (Fsp3) is 0.571. The van der Waals surface area contributed by atoms with E-state index in [1.165, 1.54) is 6.07 Å². The number of thioether (sulfide) groups is 1. The van der Waals surface area contributed by atoms with Gasteiger partial charge in [0.25, 0.3) is 0 Å². The summed E-state index contributed by atoms with van der Waals surface area (Å²) in [5.74, 6) is 0.768. The van der Waals surface area contributed by atoms with Gasteiger partial charge in [-0.2, -0.15) is 0 Å². The normalized spacial score (nSPS) is 14.4. The monoisotopic (exact) mass is 271 g/mol. The van der Waals surface area contributed by atoms with E-state index in [-0.39, 0.29) is 18.0 Å². The second kappa shape index (κ2) is 7.77. The van der Waals surface area contributed by atoms with E-state index in [1.807, 2.05) is 26.1 Å². The highest BCUT2D eigenvalue weighted by molar-refractivity contribution is 7.99. The number of hydrogen-bond donors (Lipinski definition) is 2. The zero-order valence-corrected chi connectivity index (χ0v) is 11.9. The van der Waals surface area contributed by atoms with E-state index in [4.69, 9.17) is 0 Å². The maximum absolute atomic E-state index is 13.3. The van der Waals surface area contributed by atoms with Gasteiger partial charge in [-0.1, -0.05) is 18.6 Å². The van der Waals surface area contributed by atoms with E-state index < -0.39 is 0 Å². The number of aliphatic hydroxyl groups excluding tert-OH is 1. The molecular weight excluding hydrogens is 249 g/mol. The third-order valence-electron chi connectivity index (χ3n) is 3.17. The molecule has 1 atom stereocenters. The van der Waals surface area contributed by atoms with Gasteiger partial charge in [0, 0.05) is 10.4 Å². The SMILES string of the molecule is CNC(C)(CO)CCCCSc1ccccc1F. The Bertz CT molecular complexity index is 355. The minimum atomic E-state index is -0.192. The van der Waals surface area contributed by atoms with Gasteiger partial charge in [0.15, 0.2) is 0 Å². The maximum atomic E-state index is 13.3. The van der Waals surface area contributed by atoms with Crippen molar-refractivity contribution in [3.63, 3.8) is 0 Å². The molecule has 0 fully saturated rings. The number of benzene rings is 1. The fourth-order valence-corrected chi connectivity index (χ4v) is 2.59. The lowest BCUT2D eigenvalue weighted by Crippen LogP contribution is -2.43. The van der Waals surface area contributed by atoms with Crippen molar-refractivity contribution >= 4 is 11.8 Å². The summed E-state index contributed by atoms with van der Waals surface area (Å²) in [5, 5.41) is 12.4. The molecular formula is C14H22FNOS. The molecule has 0 radical (unpaired) electrons. The van der Waals surface area contributed by atoms with Gasteiger partial charge >= 0.3 is 0 Å². The summed E-state index contributed by atoms with van der Waals surface area (Å²) in [5.41, 5.74) is -0.192. The molecule has 1 aromatic carbocycles. The van der Waals surface area contributed by atoms with Crippen LogP contribution in [0.2, 0.25) is 0 Å². The predicted octanol–water partition coefficient (Wildman–Crippen LogP) is 3.06. The Morgan fingerprint density at radius 2 is 2.06 bits per heavy atom. The molecule has 0 aromatic heterocycles. The van der Waals surface area contributed by atoms with E-state index in [2.05, 4.69) is 5.32 Å². The van der Waals surface area contributed by atoms with Crippen LogP contribution in [0.3, 0.4) is 0 Å². The van der Waals surface area contributed by atoms with E-state index in [9.17, 15) is 9.50 Å². The topological polar surface area (TPSA) is 32.3 Å². The van der Waals surface area contributed by atoms with Crippen LogP contribution in [0.4, 0.5) is 4.39 Å². The van der Waals surface area contributed by atoms with Crippen LogP contribution < -0.4 is 5.32 Å². The zero-order chi connectivity index (χ0) is 13.4. The highest BCUT2D eigenvalue weighted by Crippen LogP contribution is 2.23. The van der Waals surface area contributed by atoms with Gasteiger partial charge < -0.3 is 10.4 Å². The number of unbranched alkanes of at least 4 members (excludes halogenated alkanes) is 1. The summed E-state index contributed by atoms with van der Waals surface area (Å²) in [6.07, 6.45) is 2.98. The minimum absolute atomic E-state index is 0.141. The summed E-state index contributed by atoms with van der Waals surface area (Å²) in [4.78, 5) is 0.719. The minimum Gasteiger partial charge on any atom is -0.394 e. The predicted molar refractivity (Wildman–Crippen MR) is 75.5 cm³/mol. The number of halogens is 1. The molecule has 0 heterocycles. The molecule has 0 spiro atoms. The van der Waals surface area contributed by atoms with Crippen LogP contribution >= 0.6 is 11.8 Å². The lowest BCUT2D eigenvalue weighted by atomic mass is 9.96. The fourth-order valence-electron chi connectivity index (χ4n) is 1.64. The average Bonchev–Trinajstić information content (AvgIpc) is 2.40. The molecule has 0 aliphatic carbocycles. The molecule has 0 saturated heterocycles. The molecule has 0 aliphatic heterocycles. The molecule has 2 nitrogen and oxygen atoms in total. The number of likely N-dealkylation sites (N-methyl/N-ethyl adjacent to an activating group) is 1. The van der Waals surface area contributed by atoms with Gasteiger partial charge in [-0.15, -0.1) is 11.8 Å². The van der Waals surface area contributed by atoms with Gasteiger partial charge in [-0.25, -0.2) is 4.39 Å². The molecule has 18 heavy (non-hydrogen) atoms. The lowest BCUT2D eigenvalue weighted by Gasteiger charge is -2.26. The molecule has 1 unspecified atom stereocenters. The first-order valence-electron chi connectivity index (χ1n) is 6.28. The van der Waals surface area contributed by atoms with Crippen molar-refractivity contribution in [2.45, 2.75) is 36.6 Å². The Hall–Kier alpha value is -0.580. The van der Waals surface area contributed by atoms with Crippen LogP contribution in [0.1, 0.15) is 26.2 Å². The summed E-state index contributed by atoms with van der Waals surface area (Å²) in [6, 6.07) is 6.87. The highest BCUT2D eigenvalue weighted by atomic mass is 32.2. The Kier molecular flexibility index (Phi) is 6.68. The highest BCUT2D eigenvalue weighted by Gasteiger charge is 2.19. The number of hydrogen-bond acceptors (Lipinski definition) is 3.